The van der Waals surface area contributed by atoms with Crippen LogP contribution in [-0.2, 0) is 0 Å². The van der Waals surface area contributed by atoms with Crippen molar-refractivity contribution in [2.45, 2.75) is 26.2 Å². The van der Waals surface area contributed by atoms with Crippen LogP contribution in [0.5, 0.6) is 0 Å². The molecule has 3 aromatic carbocycles. The van der Waals surface area contributed by atoms with Gasteiger partial charge in [-0.3, -0.25) is 0 Å². The van der Waals surface area contributed by atoms with E-state index in [1.54, 1.807) is 10.4 Å². The minimum absolute atomic E-state index is 0.234. The molecule has 25 heavy (non-hydrogen) atoms. The summed E-state index contributed by atoms with van der Waals surface area (Å²) >= 11 is 0. The lowest BCUT2D eigenvalue weighted by molar-refractivity contribution is 1.75. The smallest absolute Gasteiger partial charge is 0.0682 e. The first-order chi connectivity index (χ1) is 12.1. The van der Waals surface area contributed by atoms with Crippen LogP contribution in [0.2, 0.25) is 26.2 Å². The molecule has 0 radical (unpaired) electrons. The maximum Gasteiger partial charge on any atom is 0.0875 e. The van der Waals surface area contributed by atoms with E-state index in [1.807, 2.05) is 0 Å². The molecule has 130 valence electrons. The van der Waals surface area contributed by atoms with Crippen molar-refractivity contribution in [3.8, 4) is 0 Å². The molecule has 0 aliphatic carbocycles. The molecule has 0 spiro atoms. The second-order valence-corrected chi connectivity index (χ2v) is 15.1. The van der Waals surface area contributed by atoms with Gasteiger partial charge in [0.15, 0.2) is 0 Å². The predicted molar refractivity (Wildman–Crippen MR) is 124 cm³/mol. The molecule has 3 aromatic rings. The summed E-state index contributed by atoms with van der Waals surface area (Å²) in [7, 11) is -1.36. The summed E-state index contributed by atoms with van der Waals surface area (Å²) in [5, 5.41) is 6.20. The first kappa shape index (κ1) is 19.6. The van der Waals surface area contributed by atoms with Crippen molar-refractivity contribution in [1.82, 2.24) is 0 Å². The maximum absolute atomic E-state index is 2.38. The second-order valence-electron chi connectivity index (χ2n) is 7.12. The van der Waals surface area contributed by atoms with Crippen molar-refractivity contribution in [3.05, 3.63) is 84.9 Å². The van der Waals surface area contributed by atoms with E-state index in [1.165, 1.54) is 10.4 Å². The summed E-state index contributed by atoms with van der Waals surface area (Å²) in [5.74, 6) is 0. The molecule has 0 aromatic heterocycles. The average Bonchev–Trinajstić information content (AvgIpc) is 2.64. The van der Waals surface area contributed by atoms with Crippen LogP contribution in [0.15, 0.2) is 84.9 Å². The zero-order chi connectivity index (χ0) is 18.1. The van der Waals surface area contributed by atoms with Gasteiger partial charge in [0.2, 0.25) is 0 Å². The standard InChI is InChI=1S/C12H12Si.C10H18Si2/c1-3-7-11(8-4-1)13-12-9-5-2-6-10-12;1-11(2)9-5-7-10(8-6-9)12(3)4/h1-10H,13H2;5-8,11-12H,1-4H3. The quantitative estimate of drug-likeness (QED) is 0.608. The molecule has 0 nitrogen and oxygen atoms in total. The highest BCUT2D eigenvalue weighted by molar-refractivity contribution is 6.72. The van der Waals surface area contributed by atoms with Gasteiger partial charge in [-0.1, -0.05) is 132 Å². The van der Waals surface area contributed by atoms with Gasteiger partial charge < -0.3 is 0 Å². The number of rotatable bonds is 4. The normalized spacial score (nSPS) is 10.5. The SMILES string of the molecule is C[SiH](C)c1ccc([SiH](C)C)cc1.c1ccc([SiH2]c2ccccc2)cc1. The fourth-order valence-corrected chi connectivity index (χ4v) is 6.10. The van der Waals surface area contributed by atoms with E-state index in [9.17, 15) is 0 Å². The van der Waals surface area contributed by atoms with Crippen molar-refractivity contribution < 1.29 is 0 Å². The Hall–Kier alpha value is -1.69. The van der Waals surface area contributed by atoms with Gasteiger partial charge in [-0.15, -0.1) is 0 Å². The van der Waals surface area contributed by atoms with Gasteiger partial charge in [0, 0.05) is 0 Å². The van der Waals surface area contributed by atoms with E-state index in [-0.39, 0.29) is 9.52 Å². The maximum atomic E-state index is 2.38. The van der Waals surface area contributed by atoms with E-state index >= 15 is 0 Å². The Morgan fingerprint density at radius 2 is 0.800 bits per heavy atom. The van der Waals surface area contributed by atoms with Crippen LogP contribution in [0.1, 0.15) is 0 Å². The molecule has 3 heteroatoms. The van der Waals surface area contributed by atoms with Crippen LogP contribution in [0.25, 0.3) is 0 Å². The summed E-state index contributed by atoms with van der Waals surface area (Å²) in [5.41, 5.74) is 0. The summed E-state index contributed by atoms with van der Waals surface area (Å²) in [4.78, 5) is 0. The Morgan fingerprint density at radius 3 is 1.08 bits per heavy atom. The first-order valence-electron chi connectivity index (χ1n) is 9.24. The first-order valence-corrected chi connectivity index (χ1v) is 16.4. The van der Waals surface area contributed by atoms with E-state index in [0.717, 1.165) is 0 Å². The lowest BCUT2D eigenvalue weighted by Crippen LogP contribution is -2.28. The third-order valence-electron chi connectivity index (χ3n) is 4.36. The van der Waals surface area contributed by atoms with E-state index in [2.05, 4.69) is 111 Å². The fourth-order valence-electron chi connectivity index (χ4n) is 2.69. The minimum atomic E-state index is -0.565. The molecule has 0 amide bonds. The molecule has 0 unspecified atom stereocenters. The molecule has 0 N–H and O–H groups in total. The van der Waals surface area contributed by atoms with Gasteiger partial charge in [0.1, 0.15) is 0 Å². The highest BCUT2D eigenvalue weighted by Crippen LogP contribution is 1.89. The molecule has 3 rings (SSSR count). The molecule has 0 heterocycles. The van der Waals surface area contributed by atoms with Crippen molar-refractivity contribution in [1.29, 1.82) is 0 Å². The lowest BCUT2D eigenvalue weighted by atomic mass is 10.4. The van der Waals surface area contributed by atoms with Crippen LogP contribution >= 0.6 is 0 Å². The van der Waals surface area contributed by atoms with Crippen LogP contribution in [0.4, 0.5) is 0 Å². The number of hydrogen-bond donors (Lipinski definition) is 0. The number of hydrogen-bond acceptors (Lipinski definition) is 0. The van der Waals surface area contributed by atoms with Crippen LogP contribution < -0.4 is 20.7 Å². The van der Waals surface area contributed by atoms with Gasteiger partial charge in [0.05, 0.1) is 27.1 Å². The Bertz CT molecular complexity index is 656. The van der Waals surface area contributed by atoms with Crippen LogP contribution in [0.3, 0.4) is 0 Å². The average molecular weight is 379 g/mol. The van der Waals surface area contributed by atoms with Crippen molar-refractivity contribution >= 4 is 47.9 Å². The lowest BCUT2D eigenvalue weighted by Gasteiger charge is -2.07. The fraction of sp³-hybridized carbons (Fsp3) is 0.182. The van der Waals surface area contributed by atoms with Crippen LogP contribution in [0, 0.1) is 0 Å². The predicted octanol–water partition coefficient (Wildman–Crippen LogP) is 1.88. The van der Waals surface area contributed by atoms with Gasteiger partial charge in [-0.25, -0.2) is 0 Å². The molecular weight excluding hydrogens is 349 g/mol. The zero-order valence-electron chi connectivity index (χ0n) is 15.9. The van der Waals surface area contributed by atoms with E-state index < -0.39 is 17.6 Å². The third kappa shape index (κ3) is 6.98. The monoisotopic (exact) mass is 378 g/mol. The van der Waals surface area contributed by atoms with Gasteiger partial charge >= 0.3 is 0 Å². The summed E-state index contributed by atoms with van der Waals surface area (Å²) in [6, 6.07) is 30.8. The van der Waals surface area contributed by atoms with Crippen molar-refractivity contribution in [2.75, 3.05) is 0 Å². The van der Waals surface area contributed by atoms with Crippen LogP contribution in [-0.4, -0.2) is 27.1 Å². The Labute approximate surface area is 159 Å². The Morgan fingerprint density at radius 1 is 0.480 bits per heavy atom. The highest BCUT2D eigenvalue weighted by atomic mass is 28.3. The van der Waals surface area contributed by atoms with Crippen molar-refractivity contribution in [2.24, 2.45) is 0 Å². The molecule has 0 saturated carbocycles. The Balaban J connectivity index is 0.000000181. The van der Waals surface area contributed by atoms with Gasteiger partial charge in [-0.05, 0) is 0 Å². The van der Waals surface area contributed by atoms with E-state index in [4.69, 9.17) is 0 Å². The summed E-state index contributed by atoms with van der Waals surface area (Å²) < 4.78 is 0. The molecule has 0 fully saturated rings. The number of benzene rings is 3. The van der Waals surface area contributed by atoms with Crippen molar-refractivity contribution in [3.63, 3.8) is 0 Å². The molecule has 0 saturated heterocycles. The van der Waals surface area contributed by atoms with E-state index in [0.29, 0.717) is 0 Å². The molecule has 0 aliphatic heterocycles. The second kappa shape index (κ2) is 10.3. The molecule has 0 aliphatic rings. The molecule has 0 bridgehead atoms. The van der Waals surface area contributed by atoms with Gasteiger partial charge in [-0.2, -0.15) is 0 Å². The molecule has 0 atom stereocenters. The summed E-state index contributed by atoms with van der Waals surface area (Å²) in [6.45, 7) is 9.51. The largest absolute Gasteiger partial charge is 0.0875 e. The van der Waals surface area contributed by atoms with Gasteiger partial charge in [0.25, 0.3) is 0 Å². The Kier molecular flexibility index (Phi) is 8.12. The minimum Gasteiger partial charge on any atom is -0.0682 e. The third-order valence-corrected chi connectivity index (χ3v) is 9.56. The highest BCUT2D eigenvalue weighted by Gasteiger charge is 2.02. The topological polar surface area (TPSA) is 0 Å². The molecular formula is C22H30Si3. The summed E-state index contributed by atoms with van der Waals surface area (Å²) in [6.07, 6.45) is 0. The zero-order valence-corrected chi connectivity index (χ0v) is 19.7.